The van der Waals surface area contributed by atoms with Crippen molar-refractivity contribution in [2.24, 2.45) is 11.8 Å². The average molecular weight is 493 g/mol. The maximum atomic E-state index is 13.8. The molecule has 1 aromatic heterocycles. The molecule has 3 aromatic rings. The molecule has 6 nitrogen and oxygen atoms in total. The number of fused-ring (bicyclic) bond motifs is 2. The van der Waals surface area contributed by atoms with Gasteiger partial charge in [-0.15, -0.1) is 0 Å². The lowest BCUT2D eigenvalue weighted by molar-refractivity contribution is -0.0742. The van der Waals surface area contributed by atoms with Gasteiger partial charge in [-0.2, -0.15) is 0 Å². The van der Waals surface area contributed by atoms with Crippen molar-refractivity contribution in [2.45, 2.75) is 90.6 Å². The van der Waals surface area contributed by atoms with Gasteiger partial charge in [0.05, 0.1) is 39.7 Å². The number of carboxylic acid groups (broad SMARTS) is 1. The molecule has 0 radical (unpaired) electrons. The van der Waals surface area contributed by atoms with Crippen LogP contribution in [0.25, 0.3) is 21.9 Å². The number of rotatable bonds is 7. The molecule has 2 unspecified atom stereocenters. The summed E-state index contributed by atoms with van der Waals surface area (Å²) in [4.78, 5) is 25.4. The summed E-state index contributed by atoms with van der Waals surface area (Å²) in [6.45, 7) is 12.3. The van der Waals surface area contributed by atoms with Gasteiger partial charge in [0.15, 0.2) is 0 Å². The summed E-state index contributed by atoms with van der Waals surface area (Å²) < 4.78 is 19.5. The van der Waals surface area contributed by atoms with Crippen LogP contribution >= 0.6 is 0 Å². The molecule has 2 aliphatic rings. The molecule has 2 fully saturated rings. The van der Waals surface area contributed by atoms with Gasteiger partial charge < -0.3 is 19.0 Å². The van der Waals surface area contributed by atoms with Crippen LogP contribution in [-0.2, 0) is 9.47 Å². The van der Waals surface area contributed by atoms with Crippen LogP contribution in [0.15, 0.2) is 39.5 Å². The van der Waals surface area contributed by atoms with E-state index in [9.17, 15) is 14.7 Å². The second-order valence-electron chi connectivity index (χ2n) is 12.4. The molecule has 0 bridgehead atoms. The van der Waals surface area contributed by atoms with Crippen molar-refractivity contribution in [1.29, 1.82) is 0 Å². The molecule has 2 saturated carbocycles. The first kappa shape index (κ1) is 25.0. The summed E-state index contributed by atoms with van der Waals surface area (Å²) >= 11 is 0. The zero-order chi connectivity index (χ0) is 26.0. The highest BCUT2D eigenvalue weighted by atomic mass is 16.5. The van der Waals surface area contributed by atoms with Crippen LogP contribution in [0.3, 0.4) is 0 Å². The Bertz CT molecular complexity index is 1380. The number of carbonyl (C=O) groups is 1. The minimum absolute atomic E-state index is 0.0596. The third-order valence-electron chi connectivity index (χ3n) is 6.76. The molecule has 0 spiro atoms. The van der Waals surface area contributed by atoms with Gasteiger partial charge in [0.1, 0.15) is 11.2 Å². The van der Waals surface area contributed by atoms with Crippen molar-refractivity contribution >= 4 is 27.9 Å². The van der Waals surface area contributed by atoms with Gasteiger partial charge in [-0.05, 0) is 115 Å². The Morgan fingerprint density at radius 2 is 1.47 bits per heavy atom. The maximum Gasteiger partial charge on any atom is 0.335 e. The van der Waals surface area contributed by atoms with Crippen molar-refractivity contribution in [2.75, 3.05) is 0 Å². The molecular weight excluding hydrogens is 456 g/mol. The fourth-order valence-corrected chi connectivity index (χ4v) is 4.93. The summed E-state index contributed by atoms with van der Waals surface area (Å²) in [5.41, 5.74) is 1.85. The highest BCUT2D eigenvalue weighted by Gasteiger charge is 2.40. The summed E-state index contributed by atoms with van der Waals surface area (Å²) in [5.74, 6) is -0.310. The Balaban J connectivity index is 1.78. The van der Waals surface area contributed by atoms with Crippen molar-refractivity contribution < 1.29 is 23.8 Å². The number of aromatic carboxylic acids is 1. The predicted molar refractivity (Wildman–Crippen MR) is 140 cm³/mol. The second kappa shape index (κ2) is 8.70. The first-order valence-corrected chi connectivity index (χ1v) is 12.9. The Labute approximate surface area is 211 Å². The van der Waals surface area contributed by atoms with Crippen LogP contribution in [0.5, 0.6) is 0 Å². The molecule has 0 amide bonds. The predicted octanol–water partition coefficient (Wildman–Crippen LogP) is 7.18. The molecule has 1 N–H and O–H groups in total. The molecule has 1 heterocycles. The normalized spacial score (nSPS) is 18.5. The lowest BCUT2D eigenvalue weighted by Crippen LogP contribution is -2.25. The van der Waals surface area contributed by atoms with E-state index in [1.165, 1.54) is 12.1 Å². The number of ether oxygens (including phenoxy) is 2. The van der Waals surface area contributed by atoms with Crippen LogP contribution in [0.2, 0.25) is 0 Å². The van der Waals surface area contributed by atoms with Crippen molar-refractivity contribution in [3.05, 3.63) is 57.2 Å². The average Bonchev–Trinajstić information content (AvgIpc) is 3.67. The first-order valence-electron chi connectivity index (χ1n) is 12.9. The van der Waals surface area contributed by atoms with Crippen LogP contribution in [0, 0.1) is 11.8 Å². The molecule has 2 aromatic carbocycles. The molecule has 0 saturated heterocycles. The minimum atomic E-state index is -1.08. The van der Waals surface area contributed by atoms with Crippen molar-refractivity contribution in [3.63, 3.8) is 0 Å². The number of hydrogen-bond acceptors (Lipinski definition) is 5. The lowest BCUT2D eigenvalue weighted by Gasteiger charge is -2.31. The third kappa shape index (κ3) is 5.21. The zero-order valence-electron chi connectivity index (χ0n) is 22.0. The van der Waals surface area contributed by atoms with Crippen LogP contribution in [-0.4, -0.2) is 22.3 Å². The zero-order valence-corrected chi connectivity index (χ0v) is 22.0. The van der Waals surface area contributed by atoms with Crippen molar-refractivity contribution in [1.82, 2.24) is 0 Å². The van der Waals surface area contributed by atoms with Crippen LogP contribution in [0.1, 0.15) is 101 Å². The van der Waals surface area contributed by atoms with Gasteiger partial charge >= 0.3 is 5.97 Å². The molecule has 5 rings (SSSR count). The molecule has 2 aliphatic carbocycles. The second-order valence-corrected chi connectivity index (χ2v) is 12.4. The summed E-state index contributed by atoms with van der Waals surface area (Å²) in [6.07, 6.45) is 3.97. The molecule has 192 valence electrons. The SMILES string of the molecule is CC(C)(C)OC(c1cc(C(OC(C)(C)C)C2CC2)c2oc3ccc(C(=O)O)cc3c(=O)c2c1)C1CC1. The molecule has 2 atom stereocenters. The first-order chi connectivity index (χ1) is 16.8. The van der Waals surface area contributed by atoms with Crippen LogP contribution in [0.4, 0.5) is 0 Å². The van der Waals surface area contributed by atoms with Gasteiger partial charge in [-0.3, -0.25) is 4.79 Å². The number of benzene rings is 2. The van der Waals surface area contributed by atoms with E-state index in [-0.39, 0.29) is 39.8 Å². The van der Waals surface area contributed by atoms with E-state index in [0.29, 0.717) is 28.4 Å². The lowest BCUT2D eigenvalue weighted by atomic mass is 9.93. The van der Waals surface area contributed by atoms with Crippen molar-refractivity contribution in [3.8, 4) is 0 Å². The van der Waals surface area contributed by atoms with Gasteiger partial charge in [-0.1, -0.05) is 0 Å². The Kier molecular flexibility index (Phi) is 6.04. The molecule has 0 aliphatic heterocycles. The minimum Gasteiger partial charge on any atom is -0.478 e. The van der Waals surface area contributed by atoms with Crippen LogP contribution < -0.4 is 5.43 Å². The smallest absolute Gasteiger partial charge is 0.335 e. The number of hydrogen-bond donors (Lipinski definition) is 1. The fraction of sp³-hybridized carbons (Fsp3) is 0.533. The maximum absolute atomic E-state index is 13.8. The van der Waals surface area contributed by atoms with E-state index in [4.69, 9.17) is 13.9 Å². The van der Waals surface area contributed by atoms with E-state index in [0.717, 1.165) is 36.8 Å². The van der Waals surface area contributed by atoms with E-state index >= 15 is 0 Å². The topological polar surface area (TPSA) is 86.0 Å². The largest absolute Gasteiger partial charge is 0.478 e. The highest BCUT2D eigenvalue weighted by Crippen LogP contribution is 2.50. The van der Waals surface area contributed by atoms with Gasteiger partial charge in [-0.25, -0.2) is 4.79 Å². The van der Waals surface area contributed by atoms with Gasteiger partial charge in [0.25, 0.3) is 0 Å². The molecule has 36 heavy (non-hydrogen) atoms. The quantitative estimate of drug-likeness (QED) is 0.352. The Morgan fingerprint density at radius 1 is 0.889 bits per heavy atom. The monoisotopic (exact) mass is 492 g/mol. The molecular formula is C30H36O6. The highest BCUT2D eigenvalue weighted by molar-refractivity contribution is 5.96. The van der Waals surface area contributed by atoms with E-state index < -0.39 is 5.97 Å². The van der Waals surface area contributed by atoms with Gasteiger partial charge in [0.2, 0.25) is 5.43 Å². The molecule has 6 heteroatoms. The van der Waals surface area contributed by atoms with E-state index in [1.54, 1.807) is 6.07 Å². The van der Waals surface area contributed by atoms with E-state index in [2.05, 4.69) is 26.8 Å². The summed E-state index contributed by atoms with van der Waals surface area (Å²) in [7, 11) is 0. The Hall–Kier alpha value is -2.70. The van der Waals surface area contributed by atoms with Gasteiger partial charge in [0, 0.05) is 5.56 Å². The Morgan fingerprint density at radius 3 is 2.03 bits per heavy atom. The summed E-state index contributed by atoms with van der Waals surface area (Å²) in [5, 5.41) is 10.2. The standard InChI is InChI=1S/C30H36O6/c1-29(2,3)35-25(16-7-8-16)19-14-21-24(31)20-13-18(28(32)33)11-12-23(20)34-27(21)22(15-19)26(17-9-10-17)36-30(4,5)6/h11-17,25-26H,7-10H2,1-6H3,(H,32,33). The number of carboxylic acids is 1. The third-order valence-corrected chi connectivity index (χ3v) is 6.76. The fourth-order valence-electron chi connectivity index (χ4n) is 4.93. The van der Waals surface area contributed by atoms with E-state index in [1.807, 2.05) is 26.8 Å². The summed E-state index contributed by atoms with van der Waals surface area (Å²) in [6, 6.07) is 8.48.